The summed E-state index contributed by atoms with van der Waals surface area (Å²) < 4.78 is 52.8. The molecule has 0 aromatic carbocycles. The van der Waals surface area contributed by atoms with Crippen LogP contribution in [0.2, 0.25) is 0 Å². The van der Waals surface area contributed by atoms with Crippen molar-refractivity contribution in [3.05, 3.63) is 12.4 Å². The van der Waals surface area contributed by atoms with Crippen LogP contribution in [0.5, 0.6) is 0 Å². The van der Waals surface area contributed by atoms with Crippen LogP contribution in [0.25, 0.3) is 0 Å². The molecule has 2 rings (SSSR count). The fourth-order valence-electron chi connectivity index (χ4n) is 2.87. The maximum Gasteiger partial charge on any atom is 0.257 e. The zero-order valence-corrected chi connectivity index (χ0v) is 14.3. The first-order chi connectivity index (χ1) is 10.4. The number of halogens is 3. The van der Waals surface area contributed by atoms with E-state index in [0.29, 0.717) is 0 Å². The molecule has 1 aromatic rings. The molecular weight excluding hydrogens is 350 g/mol. The topological polar surface area (TPSA) is 90.0 Å². The van der Waals surface area contributed by atoms with Crippen molar-refractivity contribution in [1.29, 1.82) is 0 Å². The SMILES string of the molecule is Cl.NCC(NS(=O)(=O)c1cnn(CC(F)F)c1)C1CCCCC1. The smallest absolute Gasteiger partial charge is 0.257 e. The standard InChI is InChI=1S/C13H22F2N4O2S.ClH/c14-13(15)9-19-8-11(7-17-19)22(20,21)18-12(6-16)10-4-2-1-3-5-10;/h7-8,10,12-13,18H,1-6,9,16H2;1H. The summed E-state index contributed by atoms with van der Waals surface area (Å²) in [4.78, 5) is -0.109. The number of rotatable bonds is 7. The largest absolute Gasteiger partial charge is 0.329 e. The van der Waals surface area contributed by atoms with Crippen molar-refractivity contribution in [3.63, 3.8) is 0 Å². The maximum absolute atomic E-state index is 12.3. The fourth-order valence-corrected chi connectivity index (χ4v) is 4.13. The second-order valence-corrected chi connectivity index (χ2v) is 7.36. The summed E-state index contributed by atoms with van der Waals surface area (Å²) >= 11 is 0. The molecule has 1 heterocycles. The van der Waals surface area contributed by atoms with E-state index in [-0.39, 0.29) is 35.8 Å². The van der Waals surface area contributed by atoms with Gasteiger partial charge in [0.25, 0.3) is 6.43 Å². The van der Waals surface area contributed by atoms with Crippen LogP contribution >= 0.6 is 12.4 Å². The lowest BCUT2D eigenvalue weighted by Gasteiger charge is -2.29. The molecule has 1 aliphatic carbocycles. The molecular formula is C13H23ClF2N4O2S. The van der Waals surface area contributed by atoms with Crippen LogP contribution in [-0.2, 0) is 16.6 Å². The number of sulfonamides is 1. The van der Waals surface area contributed by atoms with Crippen LogP contribution in [0.3, 0.4) is 0 Å². The Morgan fingerprint density at radius 1 is 1.35 bits per heavy atom. The lowest BCUT2D eigenvalue weighted by atomic mass is 9.84. The third kappa shape index (κ3) is 5.66. The lowest BCUT2D eigenvalue weighted by molar-refractivity contribution is 0.121. The van der Waals surface area contributed by atoms with Gasteiger partial charge in [-0.2, -0.15) is 5.10 Å². The first-order valence-electron chi connectivity index (χ1n) is 7.45. The van der Waals surface area contributed by atoms with Crippen LogP contribution in [0, 0.1) is 5.92 Å². The molecule has 3 N–H and O–H groups in total. The van der Waals surface area contributed by atoms with Gasteiger partial charge in [0.15, 0.2) is 0 Å². The monoisotopic (exact) mass is 372 g/mol. The van der Waals surface area contributed by atoms with Crippen LogP contribution in [0.4, 0.5) is 8.78 Å². The molecule has 1 atom stereocenters. The van der Waals surface area contributed by atoms with Gasteiger partial charge in [0.05, 0.1) is 6.20 Å². The minimum Gasteiger partial charge on any atom is -0.329 e. The summed E-state index contributed by atoms with van der Waals surface area (Å²) in [5.41, 5.74) is 5.71. The fraction of sp³-hybridized carbons (Fsp3) is 0.769. The third-order valence-electron chi connectivity index (χ3n) is 4.02. The summed E-state index contributed by atoms with van der Waals surface area (Å²) in [5, 5.41) is 3.65. The summed E-state index contributed by atoms with van der Waals surface area (Å²) in [6.45, 7) is -0.409. The van der Waals surface area contributed by atoms with E-state index in [1.165, 1.54) is 6.42 Å². The van der Waals surface area contributed by atoms with Gasteiger partial charge in [0, 0.05) is 18.8 Å². The molecule has 23 heavy (non-hydrogen) atoms. The van der Waals surface area contributed by atoms with Gasteiger partial charge in [0.2, 0.25) is 10.0 Å². The average molecular weight is 373 g/mol. The highest BCUT2D eigenvalue weighted by molar-refractivity contribution is 7.89. The Morgan fingerprint density at radius 3 is 2.57 bits per heavy atom. The zero-order chi connectivity index (χ0) is 16.2. The highest BCUT2D eigenvalue weighted by Gasteiger charge is 2.28. The van der Waals surface area contributed by atoms with Crippen molar-refractivity contribution in [2.24, 2.45) is 11.7 Å². The predicted octanol–water partition coefficient (Wildman–Crippen LogP) is 1.76. The van der Waals surface area contributed by atoms with E-state index in [1.807, 2.05) is 0 Å². The third-order valence-corrected chi connectivity index (χ3v) is 5.47. The van der Waals surface area contributed by atoms with Crippen LogP contribution in [-0.4, -0.2) is 37.2 Å². The summed E-state index contributed by atoms with van der Waals surface area (Å²) in [6, 6.07) is -0.330. The molecule has 0 radical (unpaired) electrons. The van der Waals surface area contributed by atoms with Crippen molar-refractivity contribution in [2.75, 3.05) is 6.54 Å². The first kappa shape index (κ1) is 20.3. The number of nitrogens with zero attached hydrogens (tertiary/aromatic N) is 2. The normalized spacial score (nSPS) is 17.9. The molecule has 6 nitrogen and oxygen atoms in total. The van der Waals surface area contributed by atoms with Crippen molar-refractivity contribution < 1.29 is 17.2 Å². The molecule has 1 saturated carbocycles. The average Bonchev–Trinajstić information content (AvgIpc) is 2.94. The number of hydrogen-bond acceptors (Lipinski definition) is 4. The highest BCUT2D eigenvalue weighted by Crippen LogP contribution is 2.27. The lowest BCUT2D eigenvalue weighted by Crippen LogP contribution is -2.45. The Bertz CT molecular complexity index is 576. The molecule has 1 aromatic heterocycles. The summed E-state index contributed by atoms with van der Waals surface area (Å²) in [7, 11) is -3.79. The Balaban J connectivity index is 0.00000264. The molecule has 10 heteroatoms. The van der Waals surface area contributed by atoms with Crippen molar-refractivity contribution in [2.45, 2.75) is 56.0 Å². The molecule has 1 fully saturated rings. The minimum atomic E-state index is -3.79. The van der Waals surface area contributed by atoms with Crippen molar-refractivity contribution >= 4 is 22.4 Å². The number of nitrogens with one attached hydrogen (secondary N) is 1. The number of hydrogen-bond donors (Lipinski definition) is 2. The molecule has 0 aliphatic heterocycles. The highest BCUT2D eigenvalue weighted by atomic mass is 35.5. The summed E-state index contributed by atoms with van der Waals surface area (Å²) in [5.74, 6) is 0.227. The Morgan fingerprint density at radius 2 is 2.00 bits per heavy atom. The Labute approximate surface area is 141 Å². The van der Waals surface area contributed by atoms with E-state index < -0.39 is 23.0 Å². The Kier molecular flexibility index (Phi) is 7.85. The number of aromatic nitrogens is 2. The molecule has 0 bridgehead atoms. The summed E-state index contributed by atoms with van der Waals surface area (Å²) in [6.07, 6.45) is 4.85. The molecule has 134 valence electrons. The van der Waals surface area contributed by atoms with Gasteiger partial charge in [0.1, 0.15) is 11.4 Å². The second kappa shape index (κ2) is 8.91. The van der Waals surface area contributed by atoms with Crippen LogP contribution in [0.1, 0.15) is 32.1 Å². The van der Waals surface area contributed by atoms with E-state index in [1.54, 1.807) is 0 Å². The van der Waals surface area contributed by atoms with E-state index in [0.717, 1.165) is 42.8 Å². The van der Waals surface area contributed by atoms with Gasteiger partial charge < -0.3 is 5.73 Å². The van der Waals surface area contributed by atoms with E-state index in [9.17, 15) is 17.2 Å². The second-order valence-electron chi connectivity index (χ2n) is 5.65. The van der Waals surface area contributed by atoms with Gasteiger partial charge in [-0.15, -0.1) is 12.4 Å². The molecule has 1 aliphatic rings. The van der Waals surface area contributed by atoms with Gasteiger partial charge >= 0.3 is 0 Å². The molecule has 0 amide bonds. The van der Waals surface area contributed by atoms with Crippen LogP contribution < -0.4 is 10.5 Å². The number of nitrogens with two attached hydrogens (primary N) is 1. The van der Waals surface area contributed by atoms with Crippen molar-refractivity contribution in [3.8, 4) is 0 Å². The number of alkyl halides is 2. The van der Waals surface area contributed by atoms with E-state index in [4.69, 9.17) is 5.73 Å². The Hall–Kier alpha value is -0.770. The molecule has 1 unspecified atom stereocenters. The van der Waals surface area contributed by atoms with Gasteiger partial charge in [-0.05, 0) is 18.8 Å². The minimum absolute atomic E-state index is 0. The maximum atomic E-state index is 12.3. The van der Waals surface area contributed by atoms with E-state index >= 15 is 0 Å². The van der Waals surface area contributed by atoms with Crippen LogP contribution in [0.15, 0.2) is 17.3 Å². The quantitative estimate of drug-likeness (QED) is 0.763. The first-order valence-corrected chi connectivity index (χ1v) is 8.93. The van der Waals surface area contributed by atoms with Gasteiger partial charge in [-0.3, -0.25) is 4.68 Å². The van der Waals surface area contributed by atoms with E-state index in [2.05, 4.69) is 9.82 Å². The molecule has 0 spiro atoms. The predicted molar refractivity (Wildman–Crippen MR) is 85.2 cm³/mol. The zero-order valence-electron chi connectivity index (χ0n) is 12.7. The van der Waals surface area contributed by atoms with Gasteiger partial charge in [-0.1, -0.05) is 19.3 Å². The van der Waals surface area contributed by atoms with Gasteiger partial charge in [-0.25, -0.2) is 21.9 Å². The molecule has 0 saturated heterocycles. The van der Waals surface area contributed by atoms with Crippen molar-refractivity contribution in [1.82, 2.24) is 14.5 Å².